The molecular weight excluding hydrogens is 250 g/mol. The van der Waals surface area contributed by atoms with Gasteiger partial charge in [0, 0.05) is 24.5 Å². The first-order valence-corrected chi connectivity index (χ1v) is 6.74. The number of hydrogen-bond acceptors (Lipinski definition) is 3. The van der Waals surface area contributed by atoms with Gasteiger partial charge < -0.3 is 14.7 Å². The van der Waals surface area contributed by atoms with Gasteiger partial charge in [0.1, 0.15) is 11.9 Å². The molecule has 0 aliphatic carbocycles. The van der Waals surface area contributed by atoms with Crippen molar-refractivity contribution in [2.24, 2.45) is 0 Å². The molecule has 0 aromatic heterocycles. The molecule has 0 fully saturated rings. The van der Waals surface area contributed by atoms with E-state index in [1.807, 2.05) is 25.1 Å². The van der Waals surface area contributed by atoms with Crippen molar-refractivity contribution in [3.8, 4) is 5.75 Å². The second-order valence-electron chi connectivity index (χ2n) is 5.10. The summed E-state index contributed by atoms with van der Waals surface area (Å²) in [7, 11) is 2.06. The molecule has 4 heteroatoms. The second-order valence-corrected chi connectivity index (χ2v) is 5.53. The van der Waals surface area contributed by atoms with Gasteiger partial charge in [-0.3, -0.25) is 0 Å². The molecule has 1 aromatic carbocycles. The summed E-state index contributed by atoms with van der Waals surface area (Å²) in [6.45, 7) is 3.57. The molecule has 3 nitrogen and oxygen atoms in total. The Kier molecular flexibility index (Phi) is 4.49. The number of aliphatic hydroxyl groups excluding tert-OH is 1. The van der Waals surface area contributed by atoms with Gasteiger partial charge in [-0.2, -0.15) is 0 Å². The molecule has 0 bridgehead atoms. The molecule has 0 spiro atoms. The van der Waals surface area contributed by atoms with Gasteiger partial charge in [0.2, 0.25) is 0 Å². The summed E-state index contributed by atoms with van der Waals surface area (Å²) in [6.07, 6.45) is 1.65. The predicted octanol–water partition coefficient (Wildman–Crippen LogP) is 2.35. The fourth-order valence-electron chi connectivity index (χ4n) is 2.24. The van der Waals surface area contributed by atoms with Gasteiger partial charge in [-0.15, -0.1) is 0 Å². The second kappa shape index (κ2) is 5.91. The quantitative estimate of drug-likeness (QED) is 0.891. The summed E-state index contributed by atoms with van der Waals surface area (Å²) in [5, 5.41) is 10.0. The normalized spacial score (nSPS) is 19.7. The maximum atomic E-state index is 9.26. The van der Waals surface area contributed by atoms with Gasteiger partial charge in [0.15, 0.2) is 0 Å². The van der Waals surface area contributed by atoms with E-state index < -0.39 is 0 Å². The molecule has 1 aromatic rings. The molecule has 0 radical (unpaired) electrons. The molecule has 2 unspecified atom stereocenters. The van der Waals surface area contributed by atoms with Crippen molar-refractivity contribution in [1.82, 2.24) is 4.90 Å². The predicted molar refractivity (Wildman–Crippen MR) is 73.4 cm³/mol. The zero-order valence-corrected chi connectivity index (χ0v) is 11.7. The highest BCUT2D eigenvalue weighted by Crippen LogP contribution is 2.31. The van der Waals surface area contributed by atoms with Crippen LogP contribution < -0.4 is 4.74 Å². The number of aliphatic hydroxyl groups is 1. The van der Waals surface area contributed by atoms with Crippen molar-refractivity contribution >= 4 is 11.6 Å². The third-order valence-corrected chi connectivity index (χ3v) is 3.44. The standard InChI is InChI=1S/C14H20ClNO2/c1-10(17)5-6-16(2)9-13-8-11-7-12(15)3-4-14(11)18-13/h3-4,7,10,13,17H,5-6,8-9H2,1-2H3. The first-order valence-electron chi connectivity index (χ1n) is 6.36. The van der Waals surface area contributed by atoms with Gasteiger partial charge in [-0.05, 0) is 44.2 Å². The maximum absolute atomic E-state index is 9.26. The van der Waals surface area contributed by atoms with E-state index in [2.05, 4.69) is 11.9 Å². The largest absolute Gasteiger partial charge is 0.488 e. The third-order valence-electron chi connectivity index (χ3n) is 3.21. The minimum atomic E-state index is -0.243. The monoisotopic (exact) mass is 269 g/mol. The van der Waals surface area contributed by atoms with Crippen LogP contribution in [0.4, 0.5) is 0 Å². The Hall–Kier alpha value is -0.770. The smallest absolute Gasteiger partial charge is 0.123 e. The lowest BCUT2D eigenvalue weighted by molar-refractivity contribution is 0.136. The van der Waals surface area contributed by atoms with E-state index in [1.165, 1.54) is 5.56 Å². The topological polar surface area (TPSA) is 32.7 Å². The highest BCUT2D eigenvalue weighted by Gasteiger charge is 2.24. The SMILES string of the molecule is CC(O)CCN(C)CC1Cc2cc(Cl)ccc2O1. The fraction of sp³-hybridized carbons (Fsp3) is 0.571. The van der Waals surface area contributed by atoms with E-state index in [-0.39, 0.29) is 12.2 Å². The summed E-state index contributed by atoms with van der Waals surface area (Å²) < 4.78 is 5.88. The molecule has 1 aliphatic rings. The average molecular weight is 270 g/mol. The molecule has 0 amide bonds. The third kappa shape index (κ3) is 3.61. The minimum absolute atomic E-state index is 0.192. The van der Waals surface area contributed by atoms with E-state index in [0.29, 0.717) is 0 Å². The molecular formula is C14H20ClNO2. The van der Waals surface area contributed by atoms with Crippen LogP contribution >= 0.6 is 11.6 Å². The van der Waals surface area contributed by atoms with Crippen LogP contribution in [-0.2, 0) is 6.42 Å². The number of likely N-dealkylation sites (N-methyl/N-ethyl adjacent to an activating group) is 1. The van der Waals surface area contributed by atoms with Crippen LogP contribution in [-0.4, -0.2) is 42.4 Å². The van der Waals surface area contributed by atoms with Crippen molar-refractivity contribution in [2.45, 2.75) is 32.0 Å². The number of fused-ring (bicyclic) bond motifs is 1. The molecule has 2 rings (SSSR count). The van der Waals surface area contributed by atoms with Crippen molar-refractivity contribution in [3.05, 3.63) is 28.8 Å². The number of nitrogens with zero attached hydrogens (tertiary/aromatic N) is 1. The van der Waals surface area contributed by atoms with Crippen molar-refractivity contribution < 1.29 is 9.84 Å². The highest BCUT2D eigenvalue weighted by molar-refractivity contribution is 6.30. The number of hydrogen-bond donors (Lipinski definition) is 1. The van der Waals surface area contributed by atoms with E-state index in [1.54, 1.807) is 0 Å². The molecule has 18 heavy (non-hydrogen) atoms. The number of halogens is 1. The Balaban J connectivity index is 1.84. The Morgan fingerprint density at radius 3 is 3.06 bits per heavy atom. The van der Waals surface area contributed by atoms with Crippen molar-refractivity contribution in [3.63, 3.8) is 0 Å². The Morgan fingerprint density at radius 1 is 1.56 bits per heavy atom. The van der Waals surface area contributed by atoms with Gasteiger partial charge in [-0.25, -0.2) is 0 Å². The summed E-state index contributed by atoms with van der Waals surface area (Å²) >= 11 is 5.97. The Morgan fingerprint density at radius 2 is 2.33 bits per heavy atom. The lowest BCUT2D eigenvalue weighted by Crippen LogP contribution is -2.33. The van der Waals surface area contributed by atoms with Crippen LogP contribution in [0.1, 0.15) is 18.9 Å². The molecule has 1 heterocycles. The van der Waals surface area contributed by atoms with Crippen molar-refractivity contribution in [2.75, 3.05) is 20.1 Å². The highest BCUT2D eigenvalue weighted by atomic mass is 35.5. The van der Waals surface area contributed by atoms with Gasteiger partial charge in [0.05, 0.1) is 6.10 Å². The van der Waals surface area contributed by atoms with Crippen LogP contribution in [0.5, 0.6) is 5.75 Å². The maximum Gasteiger partial charge on any atom is 0.123 e. The van der Waals surface area contributed by atoms with E-state index >= 15 is 0 Å². The van der Waals surface area contributed by atoms with Gasteiger partial charge in [0.25, 0.3) is 0 Å². The lowest BCUT2D eigenvalue weighted by atomic mass is 10.1. The molecule has 1 N–H and O–H groups in total. The number of benzene rings is 1. The summed E-state index contributed by atoms with van der Waals surface area (Å²) in [6, 6.07) is 5.78. The Labute approximate surface area is 113 Å². The fourth-order valence-corrected chi connectivity index (χ4v) is 2.43. The lowest BCUT2D eigenvalue weighted by Gasteiger charge is -2.21. The van der Waals surface area contributed by atoms with Crippen molar-refractivity contribution in [1.29, 1.82) is 0 Å². The van der Waals surface area contributed by atoms with Crippen LogP contribution in [0.15, 0.2) is 18.2 Å². The first kappa shape index (κ1) is 13.7. The zero-order valence-electron chi connectivity index (χ0n) is 10.9. The molecule has 0 saturated carbocycles. The van der Waals surface area contributed by atoms with Crippen LogP contribution in [0.2, 0.25) is 5.02 Å². The molecule has 1 aliphatic heterocycles. The van der Waals surface area contributed by atoms with E-state index in [4.69, 9.17) is 16.3 Å². The van der Waals surface area contributed by atoms with Gasteiger partial charge >= 0.3 is 0 Å². The average Bonchev–Trinajstić information content (AvgIpc) is 2.67. The number of rotatable bonds is 5. The van der Waals surface area contributed by atoms with E-state index in [0.717, 1.165) is 36.7 Å². The Bertz CT molecular complexity index is 409. The summed E-state index contributed by atoms with van der Waals surface area (Å²) in [4.78, 5) is 2.20. The van der Waals surface area contributed by atoms with Gasteiger partial charge in [-0.1, -0.05) is 11.6 Å². The summed E-state index contributed by atoms with van der Waals surface area (Å²) in [5.41, 5.74) is 1.19. The zero-order chi connectivity index (χ0) is 13.1. The van der Waals surface area contributed by atoms with E-state index in [9.17, 15) is 5.11 Å². The van der Waals surface area contributed by atoms with Crippen LogP contribution in [0, 0.1) is 0 Å². The van der Waals surface area contributed by atoms with Crippen LogP contribution in [0.25, 0.3) is 0 Å². The number of ether oxygens (including phenoxy) is 1. The molecule has 100 valence electrons. The van der Waals surface area contributed by atoms with Crippen LogP contribution in [0.3, 0.4) is 0 Å². The molecule has 0 saturated heterocycles. The first-order chi connectivity index (χ1) is 8.54. The minimum Gasteiger partial charge on any atom is -0.488 e. The molecule has 2 atom stereocenters. The summed E-state index contributed by atoms with van der Waals surface area (Å²) in [5.74, 6) is 0.952.